The van der Waals surface area contributed by atoms with Crippen LogP contribution in [-0.4, -0.2) is 86.2 Å². The standard InChI is InChI=1S/C18H32N4O6S/c1-14(23)9-20-13-22(12-15(2)24)8-7-19-10-16-3-5-17(6-4-16)29(27,28)21-11-18(25)26/h3-6,14-15,19-21,23-24H,7-13H2,1-2H3,(H,25,26)/t14-,15?/m0/s1. The highest BCUT2D eigenvalue weighted by Gasteiger charge is 2.15. The quantitative estimate of drug-likeness (QED) is 0.147. The summed E-state index contributed by atoms with van der Waals surface area (Å²) in [7, 11) is -3.84. The SMILES string of the molecule is CC(O)CN(CCNCc1ccc(S(=O)(=O)NCC(=O)O)cc1)CNC[C@H](C)O. The smallest absolute Gasteiger partial charge is 0.318 e. The Labute approximate surface area is 172 Å². The summed E-state index contributed by atoms with van der Waals surface area (Å²) in [6.07, 6.45) is -0.903. The van der Waals surface area contributed by atoms with E-state index < -0.39 is 34.7 Å². The lowest BCUT2D eigenvalue weighted by Gasteiger charge is -2.24. The average Bonchev–Trinajstić information content (AvgIpc) is 2.63. The largest absolute Gasteiger partial charge is 0.480 e. The number of aliphatic hydroxyl groups excluding tert-OH is 2. The van der Waals surface area contributed by atoms with Gasteiger partial charge in [-0.25, -0.2) is 8.42 Å². The lowest BCUT2D eigenvalue weighted by atomic mass is 10.2. The predicted octanol–water partition coefficient (Wildman–Crippen LogP) is -1.25. The van der Waals surface area contributed by atoms with Gasteiger partial charge >= 0.3 is 5.97 Å². The van der Waals surface area contributed by atoms with E-state index in [4.69, 9.17) is 5.11 Å². The highest BCUT2D eigenvalue weighted by molar-refractivity contribution is 7.89. The van der Waals surface area contributed by atoms with Gasteiger partial charge in [0, 0.05) is 39.4 Å². The number of nitrogens with zero attached hydrogens (tertiary/aromatic N) is 1. The number of aliphatic hydroxyl groups is 2. The number of benzene rings is 1. The summed E-state index contributed by atoms with van der Waals surface area (Å²) in [5.74, 6) is -1.25. The van der Waals surface area contributed by atoms with Gasteiger partial charge in [0.1, 0.15) is 6.54 Å². The summed E-state index contributed by atoms with van der Waals surface area (Å²) in [5.41, 5.74) is 0.886. The molecule has 1 aromatic rings. The van der Waals surface area contributed by atoms with Crippen LogP contribution >= 0.6 is 0 Å². The van der Waals surface area contributed by atoms with Crippen molar-refractivity contribution in [1.82, 2.24) is 20.3 Å². The number of carbonyl (C=O) groups is 1. The van der Waals surface area contributed by atoms with Crippen LogP contribution in [0.3, 0.4) is 0 Å². The molecule has 0 bridgehead atoms. The fraction of sp³-hybridized carbons (Fsp3) is 0.611. The van der Waals surface area contributed by atoms with E-state index in [0.29, 0.717) is 39.4 Å². The molecule has 11 heteroatoms. The van der Waals surface area contributed by atoms with Gasteiger partial charge in [0.15, 0.2) is 0 Å². The van der Waals surface area contributed by atoms with Gasteiger partial charge in [-0.1, -0.05) is 12.1 Å². The number of carboxylic acid groups (broad SMARTS) is 1. The van der Waals surface area contributed by atoms with Crippen LogP contribution in [0.2, 0.25) is 0 Å². The highest BCUT2D eigenvalue weighted by atomic mass is 32.2. The van der Waals surface area contributed by atoms with Crippen LogP contribution in [0.5, 0.6) is 0 Å². The van der Waals surface area contributed by atoms with Crippen molar-refractivity contribution in [3.8, 4) is 0 Å². The van der Waals surface area contributed by atoms with Gasteiger partial charge in [-0.05, 0) is 31.5 Å². The molecular weight excluding hydrogens is 400 g/mol. The number of nitrogens with one attached hydrogen (secondary N) is 3. The first-order valence-electron chi connectivity index (χ1n) is 9.40. The third-order valence-electron chi connectivity index (χ3n) is 3.88. The van der Waals surface area contributed by atoms with Crippen LogP contribution in [0.4, 0.5) is 0 Å². The van der Waals surface area contributed by atoms with Crippen molar-refractivity contribution in [2.24, 2.45) is 0 Å². The van der Waals surface area contributed by atoms with Crippen molar-refractivity contribution < 1.29 is 28.5 Å². The third-order valence-corrected chi connectivity index (χ3v) is 5.30. The topological polar surface area (TPSA) is 151 Å². The molecule has 0 saturated heterocycles. The summed E-state index contributed by atoms with van der Waals surface area (Å²) in [4.78, 5) is 12.5. The first-order chi connectivity index (χ1) is 13.6. The number of hydrogen-bond acceptors (Lipinski definition) is 8. The summed E-state index contributed by atoms with van der Waals surface area (Å²) >= 11 is 0. The van der Waals surface area contributed by atoms with Gasteiger partial charge in [0.25, 0.3) is 0 Å². The Kier molecular flexibility index (Phi) is 11.3. The second-order valence-corrected chi connectivity index (χ2v) is 8.69. The molecule has 0 aromatic heterocycles. The molecule has 6 N–H and O–H groups in total. The minimum absolute atomic E-state index is 0.00907. The van der Waals surface area contributed by atoms with Crippen molar-refractivity contribution in [1.29, 1.82) is 0 Å². The molecule has 0 amide bonds. The van der Waals surface area contributed by atoms with Crippen molar-refractivity contribution in [2.75, 3.05) is 39.4 Å². The minimum Gasteiger partial charge on any atom is -0.480 e. The molecule has 0 heterocycles. The second-order valence-electron chi connectivity index (χ2n) is 6.93. The Bertz CT molecular complexity index is 710. The van der Waals surface area contributed by atoms with E-state index in [1.54, 1.807) is 26.0 Å². The molecule has 1 rings (SSSR count). The third kappa shape index (κ3) is 11.2. The van der Waals surface area contributed by atoms with E-state index in [9.17, 15) is 23.4 Å². The van der Waals surface area contributed by atoms with E-state index in [2.05, 4.69) is 10.6 Å². The van der Waals surface area contributed by atoms with E-state index in [0.717, 1.165) is 5.56 Å². The van der Waals surface area contributed by atoms with E-state index in [1.165, 1.54) is 12.1 Å². The van der Waals surface area contributed by atoms with Gasteiger partial charge < -0.3 is 26.0 Å². The van der Waals surface area contributed by atoms with Crippen LogP contribution < -0.4 is 15.4 Å². The maximum absolute atomic E-state index is 12.0. The zero-order valence-electron chi connectivity index (χ0n) is 16.8. The van der Waals surface area contributed by atoms with E-state index >= 15 is 0 Å². The number of hydrogen-bond donors (Lipinski definition) is 6. The molecule has 1 unspecified atom stereocenters. The summed E-state index contributed by atoms with van der Waals surface area (Å²) in [6, 6.07) is 6.20. The molecule has 0 aliphatic rings. The van der Waals surface area contributed by atoms with Crippen molar-refractivity contribution >= 4 is 16.0 Å². The highest BCUT2D eigenvalue weighted by Crippen LogP contribution is 2.10. The zero-order valence-corrected chi connectivity index (χ0v) is 17.7. The molecule has 0 saturated carbocycles. The van der Waals surface area contributed by atoms with Crippen LogP contribution in [-0.2, 0) is 21.4 Å². The monoisotopic (exact) mass is 432 g/mol. The van der Waals surface area contributed by atoms with Crippen molar-refractivity contribution in [3.63, 3.8) is 0 Å². The fourth-order valence-corrected chi connectivity index (χ4v) is 3.51. The minimum atomic E-state index is -3.84. The Morgan fingerprint density at radius 2 is 1.76 bits per heavy atom. The van der Waals surface area contributed by atoms with Gasteiger partial charge in [0.2, 0.25) is 10.0 Å². The number of aliphatic carboxylic acids is 1. The molecule has 166 valence electrons. The van der Waals surface area contributed by atoms with Crippen LogP contribution in [0.1, 0.15) is 19.4 Å². The first kappa shape index (κ1) is 25.4. The number of carboxylic acids is 1. The Balaban J connectivity index is 2.45. The molecular formula is C18H32N4O6S. The zero-order chi connectivity index (χ0) is 21.9. The Hall–Kier alpha value is -1.60. The van der Waals surface area contributed by atoms with Gasteiger partial charge in [-0.3, -0.25) is 9.69 Å². The van der Waals surface area contributed by atoms with E-state index in [1.807, 2.05) is 9.62 Å². The molecule has 0 radical (unpaired) electrons. The molecule has 10 nitrogen and oxygen atoms in total. The predicted molar refractivity (Wildman–Crippen MR) is 109 cm³/mol. The Morgan fingerprint density at radius 3 is 2.31 bits per heavy atom. The summed E-state index contributed by atoms with van der Waals surface area (Å²) < 4.78 is 25.9. The lowest BCUT2D eigenvalue weighted by Crippen LogP contribution is -2.43. The van der Waals surface area contributed by atoms with Crippen LogP contribution in [0.15, 0.2) is 29.2 Å². The normalized spacial score (nSPS) is 14.1. The maximum atomic E-state index is 12.0. The summed E-state index contributed by atoms with van der Waals surface area (Å²) in [6.45, 7) is 6.15. The summed E-state index contributed by atoms with van der Waals surface area (Å²) in [5, 5.41) is 33.9. The second kappa shape index (κ2) is 12.9. The Morgan fingerprint density at radius 1 is 1.10 bits per heavy atom. The van der Waals surface area contributed by atoms with Crippen molar-refractivity contribution in [3.05, 3.63) is 29.8 Å². The maximum Gasteiger partial charge on any atom is 0.318 e. The first-order valence-corrected chi connectivity index (χ1v) is 10.9. The number of rotatable bonds is 15. The van der Waals surface area contributed by atoms with Crippen LogP contribution in [0.25, 0.3) is 0 Å². The average molecular weight is 433 g/mol. The molecule has 29 heavy (non-hydrogen) atoms. The molecule has 0 fully saturated rings. The van der Waals surface area contributed by atoms with Crippen LogP contribution in [0, 0.1) is 0 Å². The lowest BCUT2D eigenvalue weighted by molar-refractivity contribution is -0.135. The van der Waals surface area contributed by atoms with E-state index in [-0.39, 0.29) is 4.90 Å². The molecule has 0 aliphatic heterocycles. The molecule has 2 atom stereocenters. The fourth-order valence-electron chi connectivity index (χ4n) is 2.54. The number of sulfonamides is 1. The van der Waals surface area contributed by atoms with Crippen molar-refractivity contribution in [2.45, 2.75) is 37.5 Å². The van der Waals surface area contributed by atoms with Gasteiger partial charge in [-0.15, -0.1) is 0 Å². The molecule has 1 aromatic carbocycles. The van der Waals surface area contributed by atoms with Gasteiger partial charge in [-0.2, -0.15) is 4.72 Å². The van der Waals surface area contributed by atoms with Gasteiger partial charge in [0.05, 0.1) is 17.1 Å². The molecule has 0 spiro atoms. The molecule has 0 aliphatic carbocycles.